The van der Waals surface area contributed by atoms with Crippen LogP contribution < -0.4 is 5.73 Å². The van der Waals surface area contributed by atoms with E-state index in [1.54, 1.807) is 0 Å². The van der Waals surface area contributed by atoms with E-state index in [0.717, 1.165) is 26.2 Å². The van der Waals surface area contributed by atoms with Crippen molar-refractivity contribution in [3.8, 4) is 0 Å². The van der Waals surface area contributed by atoms with E-state index >= 15 is 0 Å². The van der Waals surface area contributed by atoms with Gasteiger partial charge in [-0.2, -0.15) is 0 Å². The first kappa shape index (κ1) is 12.6. The monoisotopic (exact) mass is 237 g/mol. The minimum Gasteiger partial charge on any atom is -0.381 e. The maximum atomic E-state index is 5.88. The van der Waals surface area contributed by atoms with Crippen molar-refractivity contribution in [3.63, 3.8) is 0 Å². The molecule has 2 atom stereocenters. The van der Waals surface area contributed by atoms with Crippen LogP contribution in [0.4, 0.5) is 0 Å². The maximum Gasteiger partial charge on any atom is 0.0948 e. The third kappa shape index (κ3) is 2.87. The fourth-order valence-corrected chi connectivity index (χ4v) is 2.53. The zero-order chi connectivity index (χ0) is 12.3. The van der Waals surface area contributed by atoms with Gasteiger partial charge in [0.1, 0.15) is 0 Å². The lowest BCUT2D eigenvalue weighted by atomic mass is 9.92. The van der Waals surface area contributed by atoms with Gasteiger partial charge in [-0.1, -0.05) is 13.8 Å². The normalized spacial score (nSPS) is 22.2. The predicted octanol–water partition coefficient (Wildman–Crippen LogP) is 1.62. The highest BCUT2D eigenvalue weighted by Crippen LogP contribution is 2.24. The smallest absolute Gasteiger partial charge is 0.0948 e. The molecule has 1 aliphatic heterocycles. The Morgan fingerprint density at radius 3 is 3.00 bits per heavy atom. The predicted molar refractivity (Wildman–Crippen MR) is 67.8 cm³/mol. The van der Waals surface area contributed by atoms with E-state index in [1.165, 1.54) is 5.69 Å². The standard InChI is InChI=1S/C13H23N3O/c1-10(2)12(5-14)13-6-15-9-16(13)7-11-3-4-17-8-11/h6,9-12H,3-5,7-8,14H2,1-2H3. The van der Waals surface area contributed by atoms with Gasteiger partial charge in [-0.25, -0.2) is 4.98 Å². The fraction of sp³-hybridized carbons (Fsp3) is 0.769. The van der Waals surface area contributed by atoms with E-state index in [0.29, 0.717) is 24.3 Å². The van der Waals surface area contributed by atoms with Crippen LogP contribution in [-0.4, -0.2) is 29.3 Å². The van der Waals surface area contributed by atoms with Gasteiger partial charge in [0.2, 0.25) is 0 Å². The fourth-order valence-electron chi connectivity index (χ4n) is 2.53. The van der Waals surface area contributed by atoms with Gasteiger partial charge < -0.3 is 15.0 Å². The molecule has 4 nitrogen and oxygen atoms in total. The summed E-state index contributed by atoms with van der Waals surface area (Å²) in [6.45, 7) is 7.91. The van der Waals surface area contributed by atoms with Crippen LogP contribution in [-0.2, 0) is 11.3 Å². The summed E-state index contributed by atoms with van der Waals surface area (Å²) in [5, 5.41) is 0. The Bertz CT molecular complexity index is 342. The van der Waals surface area contributed by atoms with Gasteiger partial charge >= 0.3 is 0 Å². The van der Waals surface area contributed by atoms with E-state index in [9.17, 15) is 0 Å². The van der Waals surface area contributed by atoms with Gasteiger partial charge in [0.15, 0.2) is 0 Å². The Balaban J connectivity index is 2.09. The van der Waals surface area contributed by atoms with Gasteiger partial charge in [0.05, 0.1) is 12.9 Å². The molecular formula is C13H23N3O. The summed E-state index contributed by atoms with van der Waals surface area (Å²) in [4.78, 5) is 4.28. The summed E-state index contributed by atoms with van der Waals surface area (Å²) in [6, 6.07) is 0. The molecule has 4 heteroatoms. The largest absolute Gasteiger partial charge is 0.381 e. The molecule has 1 saturated heterocycles. The van der Waals surface area contributed by atoms with E-state index in [-0.39, 0.29) is 0 Å². The van der Waals surface area contributed by atoms with Crippen LogP contribution in [0.15, 0.2) is 12.5 Å². The van der Waals surface area contributed by atoms with E-state index in [1.807, 2.05) is 12.5 Å². The number of hydrogen-bond acceptors (Lipinski definition) is 3. The molecule has 1 fully saturated rings. The second-order valence-electron chi connectivity index (χ2n) is 5.29. The third-order valence-corrected chi connectivity index (χ3v) is 3.66. The first-order chi connectivity index (χ1) is 8.22. The van der Waals surface area contributed by atoms with Crippen molar-refractivity contribution < 1.29 is 4.74 Å². The van der Waals surface area contributed by atoms with Gasteiger partial charge in [-0.3, -0.25) is 0 Å². The molecule has 0 amide bonds. The van der Waals surface area contributed by atoms with Crippen LogP contribution >= 0.6 is 0 Å². The van der Waals surface area contributed by atoms with E-state index in [4.69, 9.17) is 10.5 Å². The number of nitrogens with two attached hydrogens (primary N) is 1. The molecule has 1 aromatic rings. The Morgan fingerprint density at radius 2 is 2.41 bits per heavy atom. The van der Waals surface area contributed by atoms with Crippen LogP contribution in [0, 0.1) is 11.8 Å². The molecule has 2 unspecified atom stereocenters. The van der Waals surface area contributed by atoms with E-state index < -0.39 is 0 Å². The zero-order valence-corrected chi connectivity index (χ0v) is 10.8. The minimum atomic E-state index is 0.403. The van der Waals surface area contributed by atoms with Crippen LogP contribution in [0.3, 0.4) is 0 Å². The number of aromatic nitrogens is 2. The van der Waals surface area contributed by atoms with Crippen LogP contribution in [0.2, 0.25) is 0 Å². The third-order valence-electron chi connectivity index (χ3n) is 3.66. The topological polar surface area (TPSA) is 53.1 Å². The highest BCUT2D eigenvalue weighted by atomic mass is 16.5. The molecular weight excluding hydrogens is 214 g/mol. The van der Waals surface area contributed by atoms with Crippen molar-refractivity contribution in [1.29, 1.82) is 0 Å². The molecule has 0 saturated carbocycles. The first-order valence-corrected chi connectivity index (χ1v) is 6.50. The van der Waals surface area contributed by atoms with Gasteiger partial charge in [-0.05, 0) is 12.3 Å². The lowest BCUT2D eigenvalue weighted by Crippen LogP contribution is -2.22. The lowest BCUT2D eigenvalue weighted by Gasteiger charge is -2.21. The number of rotatable bonds is 5. The molecule has 0 aromatic carbocycles. The quantitative estimate of drug-likeness (QED) is 0.846. The van der Waals surface area contributed by atoms with Crippen LogP contribution in [0.1, 0.15) is 31.9 Å². The van der Waals surface area contributed by atoms with Gasteiger partial charge in [0.25, 0.3) is 0 Å². The molecule has 96 valence electrons. The molecule has 2 N–H and O–H groups in total. The van der Waals surface area contributed by atoms with Crippen molar-refractivity contribution in [3.05, 3.63) is 18.2 Å². The number of nitrogens with zero attached hydrogens (tertiary/aromatic N) is 2. The molecule has 2 heterocycles. The highest BCUT2D eigenvalue weighted by molar-refractivity contribution is 5.08. The Morgan fingerprint density at radius 1 is 1.59 bits per heavy atom. The van der Waals surface area contributed by atoms with Crippen molar-refractivity contribution in [1.82, 2.24) is 9.55 Å². The summed E-state index contributed by atoms with van der Waals surface area (Å²) >= 11 is 0. The Hall–Kier alpha value is -0.870. The Labute approximate surface area is 103 Å². The summed E-state index contributed by atoms with van der Waals surface area (Å²) in [5.74, 6) is 1.59. The number of imidazole rings is 1. The molecule has 1 aliphatic rings. The maximum absolute atomic E-state index is 5.88. The molecule has 0 aliphatic carbocycles. The zero-order valence-electron chi connectivity index (χ0n) is 10.8. The number of ether oxygens (including phenoxy) is 1. The van der Waals surface area contributed by atoms with Crippen LogP contribution in [0.25, 0.3) is 0 Å². The molecule has 17 heavy (non-hydrogen) atoms. The average Bonchev–Trinajstić information content (AvgIpc) is 2.92. The molecule has 0 spiro atoms. The first-order valence-electron chi connectivity index (χ1n) is 6.50. The lowest BCUT2D eigenvalue weighted by molar-refractivity contribution is 0.182. The summed E-state index contributed by atoms with van der Waals surface area (Å²) in [7, 11) is 0. The molecule has 1 aromatic heterocycles. The molecule has 0 radical (unpaired) electrons. The van der Waals surface area contributed by atoms with Gasteiger partial charge in [-0.15, -0.1) is 0 Å². The van der Waals surface area contributed by atoms with Crippen molar-refractivity contribution in [2.24, 2.45) is 17.6 Å². The minimum absolute atomic E-state index is 0.403. The van der Waals surface area contributed by atoms with Gasteiger partial charge in [0, 0.05) is 43.4 Å². The second kappa shape index (κ2) is 5.65. The van der Waals surface area contributed by atoms with Crippen molar-refractivity contribution in [2.75, 3.05) is 19.8 Å². The highest BCUT2D eigenvalue weighted by Gasteiger charge is 2.21. The average molecular weight is 237 g/mol. The van der Waals surface area contributed by atoms with Crippen molar-refractivity contribution >= 4 is 0 Å². The summed E-state index contributed by atoms with van der Waals surface area (Å²) < 4.78 is 7.68. The van der Waals surface area contributed by atoms with Crippen LogP contribution in [0.5, 0.6) is 0 Å². The second-order valence-corrected chi connectivity index (χ2v) is 5.29. The SMILES string of the molecule is CC(C)C(CN)c1cncn1CC1CCOC1. The van der Waals surface area contributed by atoms with E-state index in [2.05, 4.69) is 23.4 Å². The Kier molecular flexibility index (Phi) is 4.18. The molecule has 2 rings (SSSR count). The van der Waals surface area contributed by atoms with Crippen molar-refractivity contribution in [2.45, 2.75) is 32.7 Å². The molecule has 0 bridgehead atoms. The number of hydrogen-bond donors (Lipinski definition) is 1. The summed E-state index contributed by atoms with van der Waals surface area (Å²) in [5.41, 5.74) is 7.15. The summed E-state index contributed by atoms with van der Waals surface area (Å²) in [6.07, 6.45) is 5.05.